The summed E-state index contributed by atoms with van der Waals surface area (Å²) < 4.78 is 8.94. The normalized spacial score (nSPS) is 14.7. The lowest BCUT2D eigenvalue weighted by molar-refractivity contribution is -0.135. The van der Waals surface area contributed by atoms with Gasteiger partial charge in [0, 0.05) is 38.3 Å². The second-order valence-electron chi connectivity index (χ2n) is 8.18. The van der Waals surface area contributed by atoms with Crippen molar-refractivity contribution in [3.63, 3.8) is 0 Å². The molecular weight excluding hydrogens is 408 g/mol. The van der Waals surface area contributed by atoms with Crippen LogP contribution in [0.25, 0.3) is 17.1 Å². The summed E-state index contributed by atoms with van der Waals surface area (Å²) >= 11 is 0. The van der Waals surface area contributed by atoms with Crippen molar-refractivity contribution in [3.05, 3.63) is 58.9 Å². The Labute approximate surface area is 186 Å². The summed E-state index contributed by atoms with van der Waals surface area (Å²) in [6.07, 6.45) is 0. The first kappa shape index (κ1) is 21.8. The van der Waals surface area contributed by atoms with Crippen LogP contribution < -0.4 is 10.3 Å². The second-order valence-corrected chi connectivity index (χ2v) is 8.18. The van der Waals surface area contributed by atoms with E-state index in [0.29, 0.717) is 30.4 Å². The first-order valence-electron chi connectivity index (χ1n) is 10.8. The average Bonchev–Trinajstić information content (AvgIpc) is 3.23. The Bertz CT molecular complexity index is 1130. The van der Waals surface area contributed by atoms with Gasteiger partial charge in [-0.25, -0.2) is 9.36 Å². The van der Waals surface area contributed by atoms with Gasteiger partial charge in [0.1, 0.15) is 5.69 Å². The lowest BCUT2D eigenvalue weighted by Gasteiger charge is -2.32. The van der Waals surface area contributed by atoms with Gasteiger partial charge in [0.2, 0.25) is 5.88 Å². The van der Waals surface area contributed by atoms with Crippen LogP contribution in [0, 0.1) is 0 Å². The zero-order chi connectivity index (χ0) is 22.7. The molecule has 1 fully saturated rings. The van der Waals surface area contributed by atoms with Crippen molar-refractivity contribution in [1.82, 2.24) is 29.4 Å². The highest BCUT2D eigenvalue weighted by atomic mass is 16.5. The Kier molecular flexibility index (Phi) is 6.36. The number of para-hydroxylation sites is 1. The predicted octanol–water partition coefficient (Wildman–Crippen LogP) is 1.83. The molecule has 1 saturated heterocycles. The molecule has 0 saturated carbocycles. The molecule has 9 heteroatoms. The molecule has 0 atom stereocenters. The Morgan fingerprint density at radius 3 is 2.44 bits per heavy atom. The summed E-state index contributed by atoms with van der Waals surface area (Å²) in [7, 11) is 2.05. The van der Waals surface area contributed by atoms with Crippen molar-refractivity contribution in [2.24, 2.45) is 0 Å². The van der Waals surface area contributed by atoms with Crippen molar-refractivity contribution in [3.8, 4) is 23.0 Å². The molecule has 1 aromatic carbocycles. The van der Waals surface area contributed by atoms with E-state index in [1.807, 2.05) is 56.1 Å². The summed E-state index contributed by atoms with van der Waals surface area (Å²) in [6.45, 7) is 6.85. The summed E-state index contributed by atoms with van der Waals surface area (Å²) in [5.74, 6) is 0.274. The number of hydrogen-bond acceptors (Lipinski definition) is 6. The first-order chi connectivity index (χ1) is 15.4. The van der Waals surface area contributed by atoms with Gasteiger partial charge < -0.3 is 14.5 Å². The third-order valence-corrected chi connectivity index (χ3v) is 5.46. The van der Waals surface area contributed by atoms with E-state index in [4.69, 9.17) is 4.74 Å². The molecule has 1 aliphatic rings. The van der Waals surface area contributed by atoms with Crippen LogP contribution in [-0.4, -0.2) is 75.1 Å². The molecule has 3 aromatic rings. The van der Waals surface area contributed by atoms with Crippen LogP contribution in [0.5, 0.6) is 5.88 Å². The number of hydrogen-bond donors (Lipinski definition) is 0. The van der Waals surface area contributed by atoms with Crippen molar-refractivity contribution < 1.29 is 9.53 Å². The number of carbonyl (C=O) groups is 1. The monoisotopic (exact) mass is 436 g/mol. The van der Waals surface area contributed by atoms with Gasteiger partial charge >= 0.3 is 0 Å². The third-order valence-electron chi connectivity index (χ3n) is 5.46. The molecule has 1 amide bonds. The molecule has 4 rings (SSSR count). The van der Waals surface area contributed by atoms with Crippen LogP contribution in [0.4, 0.5) is 0 Å². The summed E-state index contributed by atoms with van der Waals surface area (Å²) in [5.41, 5.74) is 1.93. The Hall–Kier alpha value is -3.46. The quantitative estimate of drug-likeness (QED) is 0.586. The fraction of sp³-hybridized carbons (Fsp3) is 0.391. The fourth-order valence-corrected chi connectivity index (χ4v) is 3.59. The Morgan fingerprint density at radius 1 is 1.03 bits per heavy atom. The maximum Gasteiger partial charge on any atom is 0.267 e. The smallest absolute Gasteiger partial charge is 0.267 e. The van der Waals surface area contributed by atoms with Gasteiger partial charge in [-0.2, -0.15) is 5.10 Å². The predicted molar refractivity (Wildman–Crippen MR) is 121 cm³/mol. The van der Waals surface area contributed by atoms with Gasteiger partial charge in [0.05, 0.1) is 17.4 Å². The van der Waals surface area contributed by atoms with Crippen molar-refractivity contribution >= 4 is 5.91 Å². The van der Waals surface area contributed by atoms with E-state index in [-0.39, 0.29) is 24.1 Å². The highest BCUT2D eigenvalue weighted by molar-refractivity contribution is 5.78. The van der Waals surface area contributed by atoms with E-state index in [0.717, 1.165) is 18.8 Å². The molecule has 0 bridgehead atoms. The van der Waals surface area contributed by atoms with Gasteiger partial charge in [0.15, 0.2) is 6.61 Å². The van der Waals surface area contributed by atoms with Crippen molar-refractivity contribution in [1.29, 1.82) is 0 Å². The zero-order valence-electron chi connectivity index (χ0n) is 18.6. The van der Waals surface area contributed by atoms with Gasteiger partial charge in [-0.1, -0.05) is 18.2 Å². The third kappa shape index (κ3) is 4.72. The van der Waals surface area contributed by atoms with Crippen LogP contribution in [0.2, 0.25) is 0 Å². The molecule has 0 radical (unpaired) electrons. The number of benzene rings is 1. The highest BCUT2D eigenvalue weighted by Crippen LogP contribution is 2.25. The molecule has 0 unspecified atom stereocenters. The Balaban J connectivity index is 1.61. The van der Waals surface area contributed by atoms with E-state index in [2.05, 4.69) is 15.1 Å². The van der Waals surface area contributed by atoms with Crippen LogP contribution in [0.1, 0.15) is 19.9 Å². The Morgan fingerprint density at radius 2 is 1.75 bits per heavy atom. The number of ether oxygens (including phenoxy) is 1. The maximum atomic E-state index is 12.6. The number of amides is 1. The highest BCUT2D eigenvalue weighted by Gasteiger charge is 2.21. The molecule has 0 aliphatic carbocycles. The molecule has 0 spiro atoms. The maximum absolute atomic E-state index is 12.6. The first-order valence-corrected chi connectivity index (χ1v) is 10.8. The van der Waals surface area contributed by atoms with E-state index in [9.17, 15) is 9.59 Å². The van der Waals surface area contributed by atoms with E-state index in [1.54, 1.807) is 16.8 Å². The number of rotatable bonds is 6. The largest absolute Gasteiger partial charge is 0.466 e. The van der Waals surface area contributed by atoms with Crippen LogP contribution >= 0.6 is 0 Å². The van der Waals surface area contributed by atoms with E-state index < -0.39 is 0 Å². The minimum absolute atomic E-state index is 0.0552. The molecule has 2 aromatic heterocycles. The van der Waals surface area contributed by atoms with Crippen LogP contribution in [0.3, 0.4) is 0 Å². The number of piperazine rings is 1. The lowest BCUT2D eigenvalue weighted by Crippen LogP contribution is -2.48. The lowest BCUT2D eigenvalue weighted by atomic mass is 10.2. The van der Waals surface area contributed by atoms with Crippen molar-refractivity contribution in [2.45, 2.75) is 19.9 Å². The average molecular weight is 437 g/mol. The second kappa shape index (κ2) is 9.35. The molecule has 9 nitrogen and oxygen atoms in total. The van der Waals surface area contributed by atoms with Gasteiger partial charge in [-0.3, -0.25) is 9.59 Å². The molecule has 0 N–H and O–H groups in total. The van der Waals surface area contributed by atoms with Crippen LogP contribution in [-0.2, 0) is 4.79 Å². The van der Waals surface area contributed by atoms with Gasteiger partial charge in [0.25, 0.3) is 11.5 Å². The molecular formula is C23H28N6O3. The summed E-state index contributed by atoms with van der Waals surface area (Å²) in [5, 5.41) is 9.10. The number of carbonyl (C=O) groups excluding carboxylic acids is 1. The van der Waals surface area contributed by atoms with Gasteiger partial charge in [-0.05, 0) is 39.1 Å². The van der Waals surface area contributed by atoms with E-state index in [1.165, 1.54) is 10.7 Å². The number of aromatic nitrogens is 4. The summed E-state index contributed by atoms with van der Waals surface area (Å²) in [4.78, 5) is 28.7. The molecule has 3 heterocycles. The molecule has 32 heavy (non-hydrogen) atoms. The standard InChI is InChI=1S/C23H28N6O3/c1-17(2)28-22(30)10-9-19(24-28)20-15-21(25-29(20)18-7-5-4-6-8-18)32-16-23(31)27-13-11-26(3)12-14-27/h4-10,15,17H,11-14,16H2,1-3H3. The van der Waals surface area contributed by atoms with Crippen LogP contribution in [0.15, 0.2) is 53.3 Å². The van der Waals surface area contributed by atoms with Crippen molar-refractivity contribution in [2.75, 3.05) is 39.8 Å². The topological polar surface area (TPSA) is 85.5 Å². The molecule has 168 valence electrons. The molecule has 1 aliphatic heterocycles. The summed E-state index contributed by atoms with van der Waals surface area (Å²) in [6, 6.07) is 14.5. The minimum Gasteiger partial charge on any atom is -0.466 e. The fourth-order valence-electron chi connectivity index (χ4n) is 3.59. The zero-order valence-corrected chi connectivity index (χ0v) is 18.6. The van der Waals surface area contributed by atoms with E-state index >= 15 is 0 Å². The SMILES string of the molecule is CC(C)n1nc(-c2cc(OCC(=O)N3CCN(C)CC3)nn2-c2ccccc2)ccc1=O. The number of nitrogens with zero attached hydrogens (tertiary/aromatic N) is 6. The van der Waals surface area contributed by atoms with Gasteiger partial charge in [-0.15, -0.1) is 5.10 Å². The number of likely N-dealkylation sites (N-methyl/N-ethyl adjacent to an activating group) is 1. The minimum atomic E-state index is -0.163.